The SMILES string of the molecule is Nc1ncn(N)c(=O)n1. The minimum atomic E-state index is -0.609. The van der Waals surface area contributed by atoms with Crippen molar-refractivity contribution in [2.45, 2.75) is 0 Å². The Morgan fingerprint density at radius 1 is 1.67 bits per heavy atom. The first-order chi connectivity index (χ1) is 4.20. The number of hydrogen-bond donors (Lipinski definition) is 2. The van der Waals surface area contributed by atoms with E-state index < -0.39 is 5.69 Å². The molecule has 0 amide bonds. The van der Waals surface area contributed by atoms with Crippen LogP contribution in [0.15, 0.2) is 11.1 Å². The summed E-state index contributed by atoms with van der Waals surface area (Å²) in [6, 6.07) is 0. The molecule has 4 N–H and O–H groups in total. The third-order valence-electron chi connectivity index (χ3n) is 0.745. The largest absolute Gasteiger partial charge is 0.370 e. The fraction of sp³-hybridized carbons (Fsp3) is 0. The van der Waals surface area contributed by atoms with Crippen LogP contribution in [0.25, 0.3) is 0 Å². The van der Waals surface area contributed by atoms with E-state index in [4.69, 9.17) is 11.6 Å². The van der Waals surface area contributed by atoms with Crippen LogP contribution in [0.1, 0.15) is 0 Å². The van der Waals surface area contributed by atoms with Crippen molar-refractivity contribution in [3.63, 3.8) is 0 Å². The molecule has 1 rings (SSSR count). The molecule has 0 spiro atoms. The molecule has 0 atom stereocenters. The topological polar surface area (TPSA) is 99.8 Å². The minimum Gasteiger partial charge on any atom is -0.368 e. The number of aromatic nitrogens is 3. The Morgan fingerprint density at radius 3 is 2.78 bits per heavy atom. The van der Waals surface area contributed by atoms with E-state index in [-0.39, 0.29) is 5.95 Å². The molecule has 0 bridgehead atoms. The van der Waals surface area contributed by atoms with Crippen molar-refractivity contribution in [3.05, 3.63) is 16.8 Å². The lowest BCUT2D eigenvalue weighted by Crippen LogP contribution is -2.30. The van der Waals surface area contributed by atoms with Crippen LogP contribution in [0.4, 0.5) is 5.95 Å². The zero-order chi connectivity index (χ0) is 6.85. The van der Waals surface area contributed by atoms with Gasteiger partial charge >= 0.3 is 5.69 Å². The lowest BCUT2D eigenvalue weighted by molar-refractivity contribution is 0.830. The number of rotatable bonds is 0. The summed E-state index contributed by atoms with van der Waals surface area (Å²) in [5, 5.41) is 0. The summed E-state index contributed by atoms with van der Waals surface area (Å²) in [5.41, 5.74) is 4.43. The third kappa shape index (κ3) is 0.958. The molecule has 6 nitrogen and oxygen atoms in total. The average Bonchev–Trinajstić information content (AvgIpc) is 1.80. The van der Waals surface area contributed by atoms with Gasteiger partial charge in [-0.1, -0.05) is 0 Å². The lowest BCUT2D eigenvalue weighted by atomic mass is 10.9. The Morgan fingerprint density at radius 2 is 2.33 bits per heavy atom. The first kappa shape index (κ1) is 5.54. The normalized spacial score (nSPS) is 9.33. The molecule has 1 aromatic rings. The molecule has 1 heterocycles. The zero-order valence-corrected chi connectivity index (χ0v) is 4.48. The summed E-state index contributed by atoms with van der Waals surface area (Å²) < 4.78 is 0.746. The zero-order valence-electron chi connectivity index (χ0n) is 4.48. The van der Waals surface area contributed by atoms with Crippen molar-refractivity contribution in [2.75, 3.05) is 11.6 Å². The average molecular weight is 127 g/mol. The van der Waals surface area contributed by atoms with Crippen molar-refractivity contribution in [3.8, 4) is 0 Å². The Labute approximate surface area is 50.1 Å². The second-order valence-corrected chi connectivity index (χ2v) is 1.40. The van der Waals surface area contributed by atoms with E-state index in [9.17, 15) is 4.79 Å². The van der Waals surface area contributed by atoms with Crippen molar-refractivity contribution in [1.29, 1.82) is 0 Å². The summed E-state index contributed by atoms with van der Waals surface area (Å²) in [4.78, 5) is 17.1. The molecule has 0 unspecified atom stereocenters. The van der Waals surface area contributed by atoms with Crippen LogP contribution in [0.5, 0.6) is 0 Å². The van der Waals surface area contributed by atoms with Crippen LogP contribution in [-0.4, -0.2) is 14.6 Å². The van der Waals surface area contributed by atoms with Crippen LogP contribution in [0, 0.1) is 0 Å². The van der Waals surface area contributed by atoms with E-state index in [1.807, 2.05) is 0 Å². The van der Waals surface area contributed by atoms with Crippen LogP contribution in [0.3, 0.4) is 0 Å². The second kappa shape index (κ2) is 1.73. The highest BCUT2D eigenvalue weighted by atomic mass is 16.1. The van der Waals surface area contributed by atoms with Crippen molar-refractivity contribution in [2.24, 2.45) is 0 Å². The summed E-state index contributed by atoms with van der Waals surface area (Å²) >= 11 is 0. The molecular weight excluding hydrogens is 122 g/mol. The van der Waals surface area contributed by atoms with E-state index >= 15 is 0 Å². The van der Waals surface area contributed by atoms with Gasteiger partial charge in [0.15, 0.2) is 0 Å². The van der Waals surface area contributed by atoms with Gasteiger partial charge in [-0.25, -0.2) is 9.78 Å². The van der Waals surface area contributed by atoms with Gasteiger partial charge in [0.1, 0.15) is 6.33 Å². The monoisotopic (exact) mass is 127 g/mol. The highest BCUT2D eigenvalue weighted by molar-refractivity contribution is 5.09. The van der Waals surface area contributed by atoms with Gasteiger partial charge in [-0.3, -0.25) is 0 Å². The maximum atomic E-state index is 10.4. The van der Waals surface area contributed by atoms with E-state index in [0.29, 0.717) is 0 Å². The van der Waals surface area contributed by atoms with Crippen LogP contribution < -0.4 is 17.3 Å². The Kier molecular flexibility index (Phi) is 1.07. The first-order valence-corrected chi connectivity index (χ1v) is 2.16. The molecule has 0 saturated heterocycles. The number of hydrogen-bond acceptors (Lipinski definition) is 5. The maximum absolute atomic E-state index is 10.4. The van der Waals surface area contributed by atoms with E-state index in [1.165, 1.54) is 0 Å². The Balaban J connectivity index is 3.34. The molecule has 48 valence electrons. The molecule has 0 radical (unpaired) electrons. The van der Waals surface area contributed by atoms with Gasteiger partial charge in [-0.05, 0) is 0 Å². The van der Waals surface area contributed by atoms with E-state index in [0.717, 1.165) is 11.0 Å². The van der Waals surface area contributed by atoms with Crippen molar-refractivity contribution < 1.29 is 0 Å². The lowest BCUT2D eigenvalue weighted by Gasteiger charge is -1.92. The maximum Gasteiger partial charge on any atom is 0.370 e. The van der Waals surface area contributed by atoms with Gasteiger partial charge < -0.3 is 11.6 Å². The quantitative estimate of drug-likeness (QED) is 0.390. The summed E-state index contributed by atoms with van der Waals surface area (Å²) in [6.45, 7) is 0. The fourth-order valence-electron chi connectivity index (χ4n) is 0.355. The number of anilines is 1. The highest BCUT2D eigenvalue weighted by Gasteiger charge is 1.90. The molecule has 0 fully saturated rings. The molecule has 0 aliphatic rings. The smallest absolute Gasteiger partial charge is 0.368 e. The number of nitrogens with two attached hydrogens (primary N) is 2. The van der Waals surface area contributed by atoms with Crippen LogP contribution in [-0.2, 0) is 0 Å². The number of nitrogens with zero attached hydrogens (tertiary/aromatic N) is 3. The van der Waals surface area contributed by atoms with Gasteiger partial charge in [0.05, 0.1) is 0 Å². The number of nitrogen functional groups attached to an aromatic ring is 2. The third-order valence-corrected chi connectivity index (χ3v) is 0.745. The fourth-order valence-corrected chi connectivity index (χ4v) is 0.355. The predicted molar refractivity (Wildman–Crippen MR) is 30.9 cm³/mol. The first-order valence-electron chi connectivity index (χ1n) is 2.16. The molecular formula is C3H5N5O. The molecule has 0 aliphatic heterocycles. The molecule has 9 heavy (non-hydrogen) atoms. The van der Waals surface area contributed by atoms with Gasteiger partial charge in [-0.2, -0.15) is 9.66 Å². The molecule has 6 heteroatoms. The van der Waals surface area contributed by atoms with E-state index in [2.05, 4.69) is 9.97 Å². The second-order valence-electron chi connectivity index (χ2n) is 1.40. The summed E-state index contributed by atoms with van der Waals surface area (Å²) in [7, 11) is 0. The molecule has 0 aliphatic carbocycles. The molecule has 0 saturated carbocycles. The standard InChI is InChI=1S/C3H5N5O/c4-2-6-1-8(5)3(9)7-2/h1H,5H2,(H2,4,7,9). The van der Waals surface area contributed by atoms with E-state index in [1.54, 1.807) is 0 Å². The van der Waals surface area contributed by atoms with Crippen LogP contribution in [0.2, 0.25) is 0 Å². The predicted octanol–water partition coefficient (Wildman–Crippen LogP) is -2.07. The Bertz CT molecular complexity index is 265. The molecule has 1 aromatic heterocycles. The minimum absolute atomic E-state index is 0.0679. The van der Waals surface area contributed by atoms with Gasteiger partial charge in [-0.15, -0.1) is 0 Å². The summed E-state index contributed by atoms with van der Waals surface area (Å²) in [6.07, 6.45) is 1.10. The van der Waals surface area contributed by atoms with Gasteiger partial charge in [0.2, 0.25) is 5.95 Å². The van der Waals surface area contributed by atoms with Crippen molar-refractivity contribution in [1.82, 2.24) is 14.6 Å². The molecule has 0 aromatic carbocycles. The van der Waals surface area contributed by atoms with Crippen LogP contribution >= 0.6 is 0 Å². The Hall–Kier alpha value is -1.59. The highest BCUT2D eigenvalue weighted by Crippen LogP contribution is 1.75. The van der Waals surface area contributed by atoms with Gasteiger partial charge in [0, 0.05) is 0 Å². The van der Waals surface area contributed by atoms with Gasteiger partial charge in [0.25, 0.3) is 0 Å². The summed E-state index contributed by atoms with van der Waals surface area (Å²) in [5.74, 6) is 4.94. The van der Waals surface area contributed by atoms with Crippen molar-refractivity contribution >= 4 is 5.95 Å².